The third-order valence-corrected chi connectivity index (χ3v) is 8.32. The molecule has 5 aromatic rings. The largest absolute Gasteiger partial charge is 0.324 e. The predicted molar refractivity (Wildman–Crippen MR) is 179 cm³/mol. The number of carbonyl (C=O) groups excluding carboxylic acids is 3. The van der Waals surface area contributed by atoms with Crippen molar-refractivity contribution in [2.45, 2.75) is 10.1 Å². The molecule has 0 aliphatic carbocycles. The number of thioether (sulfide) groups is 1. The second kappa shape index (κ2) is 15.0. The number of pyridine rings is 1. The summed E-state index contributed by atoms with van der Waals surface area (Å²) < 4.78 is 0.794. The van der Waals surface area contributed by atoms with E-state index in [1.807, 2.05) is 72.8 Å². The number of rotatable bonds is 10. The minimum Gasteiger partial charge on any atom is -0.324 e. The lowest BCUT2D eigenvalue weighted by atomic mass is 10.1. The van der Waals surface area contributed by atoms with Gasteiger partial charge in [0.05, 0.1) is 5.69 Å². The number of nitrogens with zero attached hydrogens (tertiary/aromatic N) is 1. The zero-order valence-corrected chi connectivity index (χ0v) is 25.7. The van der Waals surface area contributed by atoms with E-state index in [9.17, 15) is 14.4 Å². The Hall–Kier alpha value is -4.99. The number of amides is 3. The molecule has 1 heterocycles. The molecule has 1 atom stereocenters. The van der Waals surface area contributed by atoms with E-state index >= 15 is 0 Å². The van der Waals surface area contributed by atoms with Crippen LogP contribution in [0, 0.1) is 0 Å². The number of carbonyl (C=O) groups is 3. The van der Waals surface area contributed by atoms with Crippen LogP contribution in [0.5, 0.6) is 0 Å². The first-order valence-corrected chi connectivity index (χ1v) is 15.3. The van der Waals surface area contributed by atoms with Crippen LogP contribution in [0.2, 0.25) is 0 Å². The standard InChI is InChI=1S/C35H27BrN4O3S/c36-29-15-7-8-16-30(29)39-35(43)32(25-11-3-1-4-12-25)44-28-19-17-27(18-20-28)38-34(42)31(22-24-10-9-21-37-23-24)40-33(41)26-13-5-2-6-14-26/h1-23,32H,(H,38,42)(H,39,43)(H,40,41)/b31-22-. The summed E-state index contributed by atoms with van der Waals surface area (Å²) in [6, 6.07) is 36.4. The molecule has 3 amide bonds. The molecule has 0 saturated carbocycles. The van der Waals surface area contributed by atoms with Crippen molar-refractivity contribution in [1.29, 1.82) is 0 Å². The molecule has 0 aliphatic heterocycles. The van der Waals surface area contributed by atoms with Gasteiger partial charge in [-0.1, -0.05) is 66.7 Å². The van der Waals surface area contributed by atoms with Gasteiger partial charge in [-0.2, -0.15) is 0 Å². The smallest absolute Gasteiger partial charge is 0.272 e. The molecule has 218 valence electrons. The molecule has 0 radical (unpaired) electrons. The zero-order chi connectivity index (χ0) is 30.7. The molecule has 0 bridgehead atoms. The Morgan fingerprint density at radius 3 is 2.11 bits per heavy atom. The summed E-state index contributed by atoms with van der Waals surface area (Å²) in [5, 5.41) is 8.08. The molecule has 0 aliphatic rings. The van der Waals surface area contributed by atoms with Crippen molar-refractivity contribution in [2.24, 2.45) is 0 Å². The van der Waals surface area contributed by atoms with E-state index in [1.54, 1.807) is 67.0 Å². The lowest BCUT2D eigenvalue weighted by molar-refractivity contribution is -0.116. The Morgan fingerprint density at radius 1 is 0.750 bits per heavy atom. The van der Waals surface area contributed by atoms with Crippen LogP contribution >= 0.6 is 27.7 Å². The maximum Gasteiger partial charge on any atom is 0.272 e. The number of hydrogen-bond donors (Lipinski definition) is 3. The highest BCUT2D eigenvalue weighted by Crippen LogP contribution is 2.37. The fraction of sp³-hybridized carbons (Fsp3) is 0.0286. The number of benzene rings is 4. The summed E-state index contributed by atoms with van der Waals surface area (Å²) >= 11 is 4.89. The minimum atomic E-state index is -0.522. The van der Waals surface area contributed by atoms with E-state index in [0.29, 0.717) is 22.5 Å². The van der Waals surface area contributed by atoms with E-state index in [-0.39, 0.29) is 11.6 Å². The topological polar surface area (TPSA) is 100 Å². The average molecular weight is 664 g/mol. The Bertz CT molecular complexity index is 1770. The Morgan fingerprint density at radius 2 is 1.43 bits per heavy atom. The Labute approximate surface area is 268 Å². The Kier molecular flexibility index (Phi) is 10.4. The number of aromatic nitrogens is 1. The van der Waals surface area contributed by atoms with Crippen molar-refractivity contribution in [3.63, 3.8) is 0 Å². The molecule has 4 aromatic carbocycles. The summed E-state index contributed by atoms with van der Waals surface area (Å²) in [5.41, 5.74) is 3.23. The minimum absolute atomic E-state index is 0.0678. The molecule has 5 rings (SSSR count). The van der Waals surface area contributed by atoms with Gasteiger partial charge in [-0.15, -0.1) is 11.8 Å². The highest BCUT2D eigenvalue weighted by atomic mass is 79.9. The lowest BCUT2D eigenvalue weighted by Gasteiger charge is -2.18. The van der Waals surface area contributed by atoms with Gasteiger partial charge in [-0.05, 0) is 87.7 Å². The maximum atomic E-state index is 13.4. The first-order chi connectivity index (χ1) is 21.5. The number of para-hydroxylation sites is 1. The van der Waals surface area contributed by atoms with Crippen molar-refractivity contribution in [3.8, 4) is 0 Å². The van der Waals surface area contributed by atoms with Crippen LogP contribution in [-0.4, -0.2) is 22.7 Å². The molecule has 0 fully saturated rings. The molecule has 9 heteroatoms. The molecule has 1 aromatic heterocycles. The molecule has 7 nitrogen and oxygen atoms in total. The molecule has 1 unspecified atom stereocenters. The molecule has 0 saturated heterocycles. The van der Waals surface area contributed by atoms with Crippen molar-refractivity contribution < 1.29 is 14.4 Å². The van der Waals surface area contributed by atoms with Gasteiger partial charge >= 0.3 is 0 Å². The van der Waals surface area contributed by atoms with Crippen LogP contribution in [0.4, 0.5) is 11.4 Å². The normalized spacial score (nSPS) is 11.7. The van der Waals surface area contributed by atoms with E-state index in [4.69, 9.17) is 0 Å². The quantitative estimate of drug-likeness (QED) is 0.105. The number of halogens is 1. The van der Waals surface area contributed by atoms with Gasteiger partial charge in [-0.3, -0.25) is 19.4 Å². The van der Waals surface area contributed by atoms with Crippen LogP contribution in [0.25, 0.3) is 6.08 Å². The Balaban J connectivity index is 1.32. The van der Waals surface area contributed by atoms with Crippen LogP contribution < -0.4 is 16.0 Å². The van der Waals surface area contributed by atoms with Gasteiger partial charge in [0.2, 0.25) is 5.91 Å². The second-order valence-electron chi connectivity index (χ2n) is 9.52. The summed E-state index contributed by atoms with van der Waals surface area (Å²) in [6.45, 7) is 0. The lowest BCUT2D eigenvalue weighted by Crippen LogP contribution is -2.30. The molecule has 0 spiro atoms. The van der Waals surface area contributed by atoms with E-state index in [0.717, 1.165) is 14.9 Å². The second-order valence-corrected chi connectivity index (χ2v) is 11.6. The monoisotopic (exact) mass is 662 g/mol. The van der Waals surface area contributed by atoms with Crippen molar-refractivity contribution in [2.75, 3.05) is 10.6 Å². The van der Waals surface area contributed by atoms with Crippen LogP contribution in [0.3, 0.4) is 0 Å². The SMILES string of the molecule is O=C(Nc1ccc(SC(C(=O)Nc2ccccc2Br)c2ccccc2)cc1)/C(=C/c1cccnc1)NC(=O)c1ccccc1. The third kappa shape index (κ3) is 8.31. The molecular formula is C35H27BrN4O3S. The number of hydrogen-bond acceptors (Lipinski definition) is 5. The van der Waals surface area contributed by atoms with E-state index < -0.39 is 17.1 Å². The number of anilines is 2. The predicted octanol–water partition coefficient (Wildman–Crippen LogP) is 7.73. The van der Waals surface area contributed by atoms with Crippen LogP contribution in [0.15, 0.2) is 149 Å². The fourth-order valence-corrected chi connectivity index (χ4v) is 5.59. The average Bonchev–Trinajstić information content (AvgIpc) is 3.06. The highest BCUT2D eigenvalue weighted by Gasteiger charge is 2.23. The van der Waals surface area contributed by atoms with Crippen LogP contribution in [-0.2, 0) is 9.59 Å². The zero-order valence-electron chi connectivity index (χ0n) is 23.3. The van der Waals surface area contributed by atoms with Crippen molar-refractivity contribution in [1.82, 2.24) is 10.3 Å². The highest BCUT2D eigenvalue weighted by molar-refractivity contribution is 9.10. The number of nitrogens with one attached hydrogen (secondary N) is 3. The summed E-state index contributed by atoms with van der Waals surface area (Å²) in [6.07, 6.45) is 4.80. The van der Waals surface area contributed by atoms with Gasteiger partial charge in [0.15, 0.2) is 0 Å². The van der Waals surface area contributed by atoms with Crippen LogP contribution in [0.1, 0.15) is 26.7 Å². The van der Waals surface area contributed by atoms with Gasteiger partial charge in [0.1, 0.15) is 10.9 Å². The summed E-state index contributed by atoms with van der Waals surface area (Å²) in [5.74, 6) is -1.06. The molecular weight excluding hydrogens is 636 g/mol. The van der Waals surface area contributed by atoms with Gasteiger partial charge in [0, 0.05) is 33.0 Å². The summed E-state index contributed by atoms with van der Waals surface area (Å²) in [7, 11) is 0. The van der Waals surface area contributed by atoms with Crippen molar-refractivity contribution in [3.05, 3.63) is 161 Å². The molecule has 44 heavy (non-hydrogen) atoms. The fourth-order valence-electron chi connectivity index (χ4n) is 4.18. The summed E-state index contributed by atoms with van der Waals surface area (Å²) in [4.78, 5) is 44.6. The van der Waals surface area contributed by atoms with Crippen molar-refractivity contribution >= 4 is 62.9 Å². The first-order valence-electron chi connectivity index (χ1n) is 13.6. The third-order valence-electron chi connectivity index (χ3n) is 6.36. The van der Waals surface area contributed by atoms with Gasteiger partial charge in [-0.25, -0.2) is 0 Å². The van der Waals surface area contributed by atoms with Gasteiger partial charge < -0.3 is 16.0 Å². The maximum absolute atomic E-state index is 13.4. The van der Waals surface area contributed by atoms with E-state index in [2.05, 4.69) is 36.9 Å². The van der Waals surface area contributed by atoms with Gasteiger partial charge in [0.25, 0.3) is 11.8 Å². The molecule has 3 N–H and O–H groups in total. The van der Waals surface area contributed by atoms with E-state index in [1.165, 1.54) is 11.8 Å². The first kappa shape index (κ1) is 30.5.